The van der Waals surface area contributed by atoms with Crippen LogP contribution >= 0.6 is 0 Å². The number of carbonyl (C=O) groups excluding carboxylic acids is 1. The normalized spacial score (nSPS) is 17.8. The number of allylic oxidation sites excluding steroid dienone is 4. The number of hydrogen-bond donors (Lipinski definition) is 0. The first-order chi connectivity index (χ1) is 3.93. The average molecular weight is 107 g/mol. The molecule has 0 aromatic rings. The molecule has 0 aliphatic heterocycles. The third-order valence-corrected chi connectivity index (χ3v) is 1.05. The summed E-state index contributed by atoms with van der Waals surface area (Å²) in [4.78, 5) is 10.0. The fourth-order valence-electron chi connectivity index (χ4n) is 0.617. The molecule has 0 N–H and O–H groups in total. The first-order valence-corrected chi connectivity index (χ1v) is 2.58. The summed E-state index contributed by atoms with van der Waals surface area (Å²) in [6, 6.07) is 0. The van der Waals surface area contributed by atoms with Gasteiger partial charge >= 0.3 is 0 Å². The SMILES string of the molecule is O=CC1=CC[CH]C=C1. The van der Waals surface area contributed by atoms with E-state index >= 15 is 0 Å². The van der Waals surface area contributed by atoms with Crippen molar-refractivity contribution in [2.75, 3.05) is 0 Å². The van der Waals surface area contributed by atoms with Crippen molar-refractivity contribution in [3.05, 3.63) is 30.2 Å². The molecule has 1 heteroatoms. The van der Waals surface area contributed by atoms with Gasteiger partial charge in [-0.15, -0.1) is 0 Å². The minimum Gasteiger partial charge on any atom is -0.298 e. The van der Waals surface area contributed by atoms with Crippen LogP contribution in [0.1, 0.15) is 6.42 Å². The van der Waals surface area contributed by atoms with Crippen LogP contribution in [0.5, 0.6) is 0 Å². The van der Waals surface area contributed by atoms with Crippen LogP contribution in [0.4, 0.5) is 0 Å². The van der Waals surface area contributed by atoms with Gasteiger partial charge in [0.1, 0.15) is 6.29 Å². The van der Waals surface area contributed by atoms with E-state index in [9.17, 15) is 4.79 Å². The molecule has 0 fully saturated rings. The van der Waals surface area contributed by atoms with Gasteiger partial charge in [0.05, 0.1) is 0 Å². The summed E-state index contributed by atoms with van der Waals surface area (Å²) in [6.45, 7) is 0. The zero-order valence-electron chi connectivity index (χ0n) is 4.50. The van der Waals surface area contributed by atoms with E-state index in [0.717, 1.165) is 18.3 Å². The predicted octanol–water partition coefficient (Wildman–Crippen LogP) is 1.28. The number of carbonyl (C=O) groups is 1. The van der Waals surface area contributed by atoms with E-state index in [0.29, 0.717) is 0 Å². The molecular formula is C7H7O. The first kappa shape index (κ1) is 5.29. The Morgan fingerprint density at radius 2 is 2.50 bits per heavy atom. The standard InChI is InChI=1S/C7H7O/c8-6-7-4-2-1-3-5-7/h1-2,4-6H,3H2. The Morgan fingerprint density at radius 3 is 2.88 bits per heavy atom. The Hall–Kier alpha value is -0.850. The largest absolute Gasteiger partial charge is 0.298 e. The minimum atomic E-state index is 0.785. The van der Waals surface area contributed by atoms with E-state index in [-0.39, 0.29) is 0 Å². The van der Waals surface area contributed by atoms with Gasteiger partial charge in [0, 0.05) is 5.57 Å². The Bertz CT molecular complexity index is 142. The quantitative estimate of drug-likeness (QED) is 0.461. The highest BCUT2D eigenvalue weighted by Crippen LogP contribution is 2.04. The molecular weight excluding hydrogens is 100 g/mol. The average Bonchev–Trinajstić information content (AvgIpc) is 1.90. The van der Waals surface area contributed by atoms with Gasteiger partial charge in [-0.3, -0.25) is 4.79 Å². The molecule has 0 saturated carbocycles. The molecule has 0 aromatic carbocycles. The molecule has 1 radical (unpaired) electrons. The summed E-state index contributed by atoms with van der Waals surface area (Å²) in [5.74, 6) is 0. The number of aldehydes is 1. The molecule has 0 heterocycles. The Labute approximate surface area is 48.7 Å². The van der Waals surface area contributed by atoms with Crippen LogP contribution < -0.4 is 0 Å². The van der Waals surface area contributed by atoms with E-state index in [1.54, 1.807) is 6.08 Å². The van der Waals surface area contributed by atoms with Crippen molar-refractivity contribution in [3.8, 4) is 0 Å². The molecule has 0 saturated heterocycles. The van der Waals surface area contributed by atoms with E-state index in [1.165, 1.54) is 0 Å². The van der Waals surface area contributed by atoms with E-state index in [2.05, 4.69) is 0 Å². The molecule has 1 aliphatic rings. The molecule has 8 heavy (non-hydrogen) atoms. The zero-order chi connectivity index (χ0) is 5.82. The molecule has 0 amide bonds. The second-order valence-corrected chi connectivity index (χ2v) is 1.65. The zero-order valence-corrected chi connectivity index (χ0v) is 4.50. The van der Waals surface area contributed by atoms with Crippen LogP contribution in [-0.2, 0) is 4.79 Å². The number of hydrogen-bond acceptors (Lipinski definition) is 1. The van der Waals surface area contributed by atoms with Crippen molar-refractivity contribution in [2.24, 2.45) is 0 Å². The summed E-state index contributed by atoms with van der Waals surface area (Å²) in [5.41, 5.74) is 0.785. The van der Waals surface area contributed by atoms with Crippen LogP contribution in [0.15, 0.2) is 23.8 Å². The Morgan fingerprint density at radius 1 is 1.62 bits per heavy atom. The lowest BCUT2D eigenvalue weighted by molar-refractivity contribution is -0.104. The molecule has 0 aromatic heterocycles. The van der Waals surface area contributed by atoms with E-state index in [1.807, 2.05) is 18.6 Å². The van der Waals surface area contributed by atoms with Crippen LogP contribution in [0.25, 0.3) is 0 Å². The van der Waals surface area contributed by atoms with Crippen molar-refractivity contribution < 1.29 is 4.79 Å². The lowest BCUT2D eigenvalue weighted by Gasteiger charge is -1.95. The number of rotatable bonds is 1. The van der Waals surface area contributed by atoms with Crippen molar-refractivity contribution in [1.29, 1.82) is 0 Å². The third kappa shape index (κ3) is 1.06. The summed E-state index contributed by atoms with van der Waals surface area (Å²) in [7, 11) is 0. The second-order valence-electron chi connectivity index (χ2n) is 1.65. The van der Waals surface area contributed by atoms with Gasteiger partial charge in [0.2, 0.25) is 0 Å². The summed E-state index contributed by atoms with van der Waals surface area (Å²) in [6.07, 6.45) is 9.36. The smallest absolute Gasteiger partial charge is 0.149 e. The van der Waals surface area contributed by atoms with Crippen molar-refractivity contribution in [2.45, 2.75) is 6.42 Å². The molecule has 0 bridgehead atoms. The summed E-state index contributed by atoms with van der Waals surface area (Å²) in [5, 5.41) is 0. The van der Waals surface area contributed by atoms with Crippen molar-refractivity contribution in [3.63, 3.8) is 0 Å². The van der Waals surface area contributed by atoms with Crippen LogP contribution in [-0.4, -0.2) is 6.29 Å². The van der Waals surface area contributed by atoms with Gasteiger partial charge in [-0.05, 0) is 12.8 Å². The molecule has 0 atom stereocenters. The van der Waals surface area contributed by atoms with Gasteiger partial charge in [-0.25, -0.2) is 0 Å². The fraction of sp³-hybridized carbons (Fsp3) is 0.143. The molecule has 0 spiro atoms. The van der Waals surface area contributed by atoms with Gasteiger partial charge in [-0.1, -0.05) is 18.2 Å². The molecule has 1 aliphatic carbocycles. The monoisotopic (exact) mass is 107 g/mol. The summed E-state index contributed by atoms with van der Waals surface area (Å²) >= 11 is 0. The third-order valence-electron chi connectivity index (χ3n) is 1.05. The van der Waals surface area contributed by atoms with E-state index in [4.69, 9.17) is 0 Å². The topological polar surface area (TPSA) is 17.1 Å². The molecule has 41 valence electrons. The maximum Gasteiger partial charge on any atom is 0.149 e. The lowest BCUT2D eigenvalue weighted by atomic mass is 10.1. The minimum absolute atomic E-state index is 0.785. The molecule has 0 unspecified atom stereocenters. The van der Waals surface area contributed by atoms with Gasteiger partial charge in [0.25, 0.3) is 0 Å². The predicted molar refractivity (Wildman–Crippen MR) is 32.2 cm³/mol. The second kappa shape index (κ2) is 2.46. The fourth-order valence-corrected chi connectivity index (χ4v) is 0.617. The van der Waals surface area contributed by atoms with E-state index < -0.39 is 0 Å². The van der Waals surface area contributed by atoms with Crippen LogP contribution in [0, 0.1) is 6.42 Å². The highest BCUT2D eigenvalue weighted by molar-refractivity contribution is 5.77. The Balaban J connectivity index is 2.64. The maximum atomic E-state index is 10.0. The molecule has 1 rings (SSSR count). The molecule has 1 nitrogen and oxygen atoms in total. The van der Waals surface area contributed by atoms with Crippen LogP contribution in [0.3, 0.4) is 0 Å². The van der Waals surface area contributed by atoms with Gasteiger partial charge in [-0.2, -0.15) is 0 Å². The lowest BCUT2D eigenvalue weighted by Crippen LogP contribution is -1.84. The van der Waals surface area contributed by atoms with Crippen LogP contribution in [0.2, 0.25) is 0 Å². The van der Waals surface area contributed by atoms with Crippen molar-refractivity contribution in [1.82, 2.24) is 0 Å². The van der Waals surface area contributed by atoms with Gasteiger partial charge in [0.15, 0.2) is 0 Å². The Kier molecular flexibility index (Phi) is 1.62. The first-order valence-electron chi connectivity index (χ1n) is 2.58. The highest BCUT2D eigenvalue weighted by atomic mass is 16.1. The summed E-state index contributed by atoms with van der Waals surface area (Å²) < 4.78 is 0. The van der Waals surface area contributed by atoms with Gasteiger partial charge < -0.3 is 0 Å². The highest BCUT2D eigenvalue weighted by Gasteiger charge is 1.91. The maximum absolute atomic E-state index is 10.0. The van der Waals surface area contributed by atoms with Crippen molar-refractivity contribution >= 4 is 6.29 Å².